The van der Waals surface area contributed by atoms with Gasteiger partial charge in [0, 0.05) is 18.3 Å². The van der Waals surface area contributed by atoms with E-state index in [0.29, 0.717) is 22.3 Å². The van der Waals surface area contributed by atoms with Crippen molar-refractivity contribution in [3.63, 3.8) is 0 Å². The highest BCUT2D eigenvalue weighted by molar-refractivity contribution is 7.99. The van der Waals surface area contributed by atoms with Crippen molar-refractivity contribution in [1.29, 1.82) is 0 Å². The Kier molecular flexibility index (Phi) is 8.07. The lowest BCUT2D eigenvalue weighted by molar-refractivity contribution is -0.113. The SMILES string of the molecule is COc1ccc(C(=O)NC(CO)c2nnc(SCC(=O)Nc3c(C)cccc3C)n2C)cc1. The number of aryl methyl sites for hydroxylation is 2. The second-order valence-electron chi connectivity index (χ2n) is 7.44. The molecule has 0 saturated heterocycles. The summed E-state index contributed by atoms with van der Waals surface area (Å²) in [7, 11) is 3.27. The van der Waals surface area contributed by atoms with Gasteiger partial charge in [-0.15, -0.1) is 10.2 Å². The molecule has 0 saturated carbocycles. The van der Waals surface area contributed by atoms with Gasteiger partial charge in [0.1, 0.15) is 11.8 Å². The van der Waals surface area contributed by atoms with Crippen LogP contribution >= 0.6 is 11.8 Å². The van der Waals surface area contributed by atoms with Gasteiger partial charge in [0.15, 0.2) is 11.0 Å². The highest BCUT2D eigenvalue weighted by atomic mass is 32.2. The van der Waals surface area contributed by atoms with Gasteiger partial charge in [-0.2, -0.15) is 0 Å². The molecule has 0 bridgehead atoms. The minimum atomic E-state index is -0.755. The first-order chi connectivity index (χ1) is 15.8. The molecule has 0 aliphatic rings. The Hall–Kier alpha value is -3.37. The first-order valence-corrected chi connectivity index (χ1v) is 11.3. The highest BCUT2D eigenvalue weighted by Crippen LogP contribution is 2.22. The van der Waals surface area contributed by atoms with E-state index in [0.717, 1.165) is 16.8 Å². The number of nitrogens with zero attached hydrogens (tertiary/aromatic N) is 3. The minimum Gasteiger partial charge on any atom is -0.497 e. The number of hydrogen-bond acceptors (Lipinski definition) is 7. The molecule has 0 spiro atoms. The van der Waals surface area contributed by atoms with Gasteiger partial charge in [0.05, 0.1) is 19.5 Å². The summed E-state index contributed by atoms with van der Waals surface area (Å²) in [5.41, 5.74) is 3.22. The zero-order valence-electron chi connectivity index (χ0n) is 19.0. The average molecular weight is 470 g/mol. The second-order valence-corrected chi connectivity index (χ2v) is 8.38. The van der Waals surface area contributed by atoms with Crippen LogP contribution in [0.4, 0.5) is 5.69 Å². The molecule has 1 aromatic heterocycles. The maximum absolute atomic E-state index is 12.6. The molecule has 2 aromatic carbocycles. The molecule has 1 atom stereocenters. The number of carbonyl (C=O) groups is 2. The van der Waals surface area contributed by atoms with Crippen molar-refractivity contribution in [3.05, 3.63) is 65.0 Å². The number of carbonyl (C=O) groups excluding carboxylic acids is 2. The molecule has 1 unspecified atom stereocenters. The number of rotatable bonds is 9. The van der Waals surface area contributed by atoms with Crippen molar-refractivity contribution in [1.82, 2.24) is 20.1 Å². The third-order valence-corrected chi connectivity index (χ3v) is 6.12. The number of anilines is 1. The molecule has 3 rings (SSSR count). The summed E-state index contributed by atoms with van der Waals surface area (Å²) in [5.74, 6) is 0.649. The third kappa shape index (κ3) is 5.91. The molecule has 0 radical (unpaired) electrons. The summed E-state index contributed by atoms with van der Waals surface area (Å²) in [4.78, 5) is 25.0. The quantitative estimate of drug-likeness (QED) is 0.412. The molecule has 2 amide bonds. The van der Waals surface area contributed by atoms with Crippen LogP contribution in [0.5, 0.6) is 5.75 Å². The molecule has 33 heavy (non-hydrogen) atoms. The molecule has 0 fully saturated rings. The number of nitrogens with one attached hydrogen (secondary N) is 2. The number of ether oxygens (including phenoxy) is 1. The van der Waals surface area contributed by atoms with E-state index in [9.17, 15) is 14.7 Å². The molecule has 0 aliphatic carbocycles. The predicted molar refractivity (Wildman–Crippen MR) is 127 cm³/mol. The van der Waals surface area contributed by atoms with Crippen molar-refractivity contribution in [2.24, 2.45) is 7.05 Å². The van der Waals surface area contributed by atoms with Crippen molar-refractivity contribution in [2.75, 3.05) is 24.8 Å². The number of amides is 2. The topological polar surface area (TPSA) is 118 Å². The summed E-state index contributed by atoms with van der Waals surface area (Å²) in [5, 5.41) is 24.3. The molecular weight excluding hydrogens is 442 g/mol. The number of hydrogen-bond donors (Lipinski definition) is 3. The van der Waals surface area contributed by atoms with E-state index in [-0.39, 0.29) is 24.2 Å². The van der Waals surface area contributed by atoms with Crippen LogP contribution in [0.25, 0.3) is 0 Å². The van der Waals surface area contributed by atoms with Crippen LogP contribution in [0.15, 0.2) is 47.6 Å². The largest absolute Gasteiger partial charge is 0.497 e. The minimum absolute atomic E-state index is 0.141. The van der Waals surface area contributed by atoms with Crippen LogP contribution in [-0.4, -0.2) is 51.2 Å². The Bertz CT molecular complexity index is 1110. The van der Waals surface area contributed by atoms with Crippen molar-refractivity contribution >= 4 is 29.3 Å². The molecule has 0 aliphatic heterocycles. The summed E-state index contributed by atoms with van der Waals surface area (Å²) >= 11 is 1.22. The molecule has 3 aromatic rings. The molecule has 3 N–H and O–H groups in total. The van der Waals surface area contributed by atoms with E-state index in [1.807, 2.05) is 32.0 Å². The van der Waals surface area contributed by atoms with E-state index in [4.69, 9.17) is 4.74 Å². The van der Waals surface area contributed by atoms with Gasteiger partial charge < -0.3 is 25.0 Å². The fourth-order valence-corrected chi connectivity index (χ4v) is 3.97. The first kappa shape index (κ1) is 24.3. The van der Waals surface area contributed by atoms with Crippen LogP contribution in [0, 0.1) is 13.8 Å². The second kappa shape index (κ2) is 11.0. The number of aliphatic hydroxyl groups is 1. The average Bonchev–Trinajstić information content (AvgIpc) is 3.18. The van der Waals surface area contributed by atoms with E-state index in [2.05, 4.69) is 20.8 Å². The number of benzene rings is 2. The molecule has 10 heteroatoms. The lowest BCUT2D eigenvalue weighted by Gasteiger charge is -2.16. The van der Waals surface area contributed by atoms with Gasteiger partial charge in [-0.25, -0.2) is 0 Å². The molecular formula is C23H27N5O4S. The third-order valence-electron chi connectivity index (χ3n) is 5.10. The van der Waals surface area contributed by atoms with Crippen LogP contribution in [-0.2, 0) is 11.8 Å². The van der Waals surface area contributed by atoms with Gasteiger partial charge in [0.25, 0.3) is 5.91 Å². The predicted octanol–water partition coefficient (Wildman–Crippen LogP) is 2.63. The van der Waals surface area contributed by atoms with Gasteiger partial charge in [-0.3, -0.25) is 9.59 Å². The summed E-state index contributed by atoms with van der Waals surface area (Å²) in [6.45, 7) is 3.53. The van der Waals surface area contributed by atoms with Crippen LogP contribution in [0.3, 0.4) is 0 Å². The summed E-state index contributed by atoms with van der Waals surface area (Å²) in [6, 6.07) is 11.7. The molecule has 9 nitrogen and oxygen atoms in total. The Morgan fingerprint density at radius 3 is 2.39 bits per heavy atom. The fraction of sp³-hybridized carbons (Fsp3) is 0.304. The number of para-hydroxylation sites is 1. The van der Waals surface area contributed by atoms with E-state index >= 15 is 0 Å². The van der Waals surface area contributed by atoms with Gasteiger partial charge in [0.2, 0.25) is 5.91 Å². The highest BCUT2D eigenvalue weighted by Gasteiger charge is 2.22. The van der Waals surface area contributed by atoms with Crippen LogP contribution in [0.2, 0.25) is 0 Å². The molecule has 1 heterocycles. The van der Waals surface area contributed by atoms with Gasteiger partial charge in [-0.05, 0) is 49.2 Å². The smallest absolute Gasteiger partial charge is 0.251 e. The van der Waals surface area contributed by atoms with Crippen LogP contribution < -0.4 is 15.4 Å². The van der Waals surface area contributed by atoms with Crippen LogP contribution in [0.1, 0.15) is 33.4 Å². The number of aromatic nitrogens is 3. The van der Waals surface area contributed by atoms with E-state index in [1.165, 1.54) is 11.8 Å². The maximum Gasteiger partial charge on any atom is 0.251 e. The number of thioether (sulfide) groups is 1. The van der Waals surface area contributed by atoms with Crippen molar-refractivity contribution in [2.45, 2.75) is 25.0 Å². The first-order valence-electron chi connectivity index (χ1n) is 10.3. The Labute approximate surface area is 196 Å². The Morgan fingerprint density at radius 1 is 1.12 bits per heavy atom. The lowest BCUT2D eigenvalue weighted by atomic mass is 10.1. The summed E-state index contributed by atoms with van der Waals surface area (Å²) in [6.07, 6.45) is 0. The van der Waals surface area contributed by atoms with Gasteiger partial charge >= 0.3 is 0 Å². The number of methoxy groups -OCH3 is 1. The van der Waals surface area contributed by atoms with Crippen molar-refractivity contribution in [3.8, 4) is 5.75 Å². The maximum atomic E-state index is 12.6. The fourth-order valence-electron chi connectivity index (χ4n) is 3.25. The zero-order valence-corrected chi connectivity index (χ0v) is 19.8. The normalized spacial score (nSPS) is 11.7. The lowest BCUT2D eigenvalue weighted by Crippen LogP contribution is -2.32. The Balaban J connectivity index is 1.63. The van der Waals surface area contributed by atoms with Crippen molar-refractivity contribution < 1.29 is 19.4 Å². The van der Waals surface area contributed by atoms with Gasteiger partial charge in [-0.1, -0.05) is 30.0 Å². The Morgan fingerprint density at radius 2 is 1.79 bits per heavy atom. The standard InChI is InChI=1S/C23H27N5O4S/c1-14-6-5-7-15(2)20(14)25-19(30)13-33-23-27-26-21(28(23)3)18(12-29)24-22(31)16-8-10-17(32-4)11-9-16/h5-11,18,29H,12-13H2,1-4H3,(H,24,31)(H,25,30). The van der Waals surface area contributed by atoms with E-state index in [1.54, 1.807) is 43.0 Å². The summed E-state index contributed by atoms with van der Waals surface area (Å²) < 4.78 is 6.76. The number of aliphatic hydroxyl groups excluding tert-OH is 1. The molecule has 174 valence electrons. The van der Waals surface area contributed by atoms with E-state index < -0.39 is 6.04 Å². The zero-order chi connectivity index (χ0) is 24.0. The monoisotopic (exact) mass is 469 g/mol.